The molecular weight excluding hydrogens is 361 g/mol. The molecule has 0 bridgehead atoms. The largest absolute Gasteiger partial charge is 0.368 e. The van der Waals surface area contributed by atoms with Gasteiger partial charge in [0.15, 0.2) is 0 Å². The highest BCUT2D eigenvalue weighted by molar-refractivity contribution is 8.06. The lowest BCUT2D eigenvalue weighted by atomic mass is 10.2. The van der Waals surface area contributed by atoms with Gasteiger partial charge >= 0.3 is 5.24 Å². The lowest BCUT2D eigenvalue weighted by molar-refractivity contribution is -0.130. The van der Waals surface area contributed by atoms with Crippen LogP contribution in [-0.4, -0.2) is 62.9 Å². The smallest absolute Gasteiger partial charge is 0.336 e. The van der Waals surface area contributed by atoms with Gasteiger partial charge in [0.2, 0.25) is 15.7 Å². The van der Waals surface area contributed by atoms with Gasteiger partial charge in [-0.15, -0.1) is 0 Å². The van der Waals surface area contributed by atoms with Crippen LogP contribution in [0.4, 0.5) is 14.9 Å². The third kappa shape index (κ3) is 5.42. The van der Waals surface area contributed by atoms with Crippen LogP contribution in [-0.2, 0) is 14.6 Å². The third-order valence-corrected chi connectivity index (χ3v) is 5.79. The number of carbonyl (C=O) groups excluding carboxylic acids is 2. The van der Waals surface area contributed by atoms with Gasteiger partial charge in [0.25, 0.3) is 0 Å². The number of nitrogens with one attached hydrogen (secondary N) is 1. The lowest BCUT2D eigenvalue weighted by Crippen LogP contribution is -2.51. The first-order valence-corrected chi connectivity index (χ1v) is 10.3. The van der Waals surface area contributed by atoms with Crippen LogP contribution in [0.1, 0.15) is 19.8 Å². The number of anilines is 1. The molecule has 1 aromatic carbocycles. The molecule has 0 aromatic heterocycles. The number of hydrogen-bond donors (Lipinski definition) is 1. The van der Waals surface area contributed by atoms with Crippen molar-refractivity contribution < 1.29 is 22.4 Å². The number of benzene rings is 1. The number of unbranched alkanes of at least 4 members (excludes halogenated alkanes) is 1. The predicted molar refractivity (Wildman–Crippen MR) is 97.3 cm³/mol. The Labute approximate surface area is 153 Å². The Morgan fingerprint density at radius 1 is 1.12 bits per heavy atom. The highest BCUT2D eigenvalue weighted by Crippen LogP contribution is 2.16. The van der Waals surface area contributed by atoms with Crippen molar-refractivity contribution in [3.8, 4) is 0 Å². The van der Waals surface area contributed by atoms with Gasteiger partial charge in [-0.05, 0) is 30.7 Å². The molecule has 26 heavy (non-hydrogen) atoms. The summed E-state index contributed by atoms with van der Waals surface area (Å²) in [4.78, 5) is 27.5. The van der Waals surface area contributed by atoms with Gasteiger partial charge in [-0.25, -0.2) is 12.8 Å². The van der Waals surface area contributed by atoms with Crippen molar-refractivity contribution in [2.24, 2.45) is 0 Å². The van der Waals surface area contributed by atoms with E-state index in [1.807, 2.05) is 11.8 Å². The number of rotatable bonds is 6. The number of hydrogen-bond acceptors (Lipinski definition) is 5. The number of amides is 2. The summed E-state index contributed by atoms with van der Waals surface area (Å²) in [5.74, 6) is -0.824. The Hall–Kier alpha value is -2.16. The van der Waals surface area contributed by atoms with Gasteiger partial charge in [-0.2, -0.15) is 0 Å². The molecule has 0 radical (unpaired) electrons. The second-order valence-corrected chi connectivity index (χ2v) is 8.17. The molecule has 1 aromatic rings. The molecule has 1 saturated heterocycles. The molecule has 2 amide bonds. The minimum atomic E-state index is -3.86. The maximum absolute atomic E-state index is 13.0. The van der Waals surface area contributed by atoms with Gasteiger partial charge in [-0.3, -0.25) is 9.59 Å². The number of piperazine rings is 1. The Kier molecular flexibility index (Phi) is 6.96. The summed E-state index contributed by atoms with van der Waals surface area (Å²) >= 11 is 0. The summed E-state index contributed by atoms with van der Waals surface area (Å²) in [6.07, 6.45) is 1.08. The molecular formula is C17H24FN3O4S. The van der Waals surface area contributed by atoms with Crippen LogP contribution in [0.3, 0.4) is 0 Å². The second kappa shape index (κ2) is 8.98. The van der Waals surface area contributed by atoms with E-state index in [2.05, 4.69) is 5.32 Å². The van der Waals surface area contributed by atoms with Crippen molar-refractivity contribution in [2.75, 3.05) is 43.4 Å². The van der Waals surface area contributed by atoms with Gasteiger partial charge in [0.1, 0.15) is 5.82 Å². The molecule has 1 aliphatic heterocycles. The van der Waals surface area contributed by atoms with Crippen molar-refractivity contribution in [1.82, 2.24) is 10.2 Å². The van der Waals surface area contributed by atoms with Gasteiger partial charge in [0, 0.05) is 31.9 Å². The topological polar surface area (TPSA) is 86.8 Å². The average molecular weight is 385 g/mol. The molecule has 1 heterocycles. The van der Waals surface area contributed by atoms with E-state index in [1.165, 1.54) is 12.1 Å². The first kappa shape index (κ1) is 20.2. The molecule has 2 rings (SSSR count). The minimum absolute atomic E-state index is 0.208. The molecule has 7 nitrogen and oxygen atoms in total. The maximum Gasteiger partial charge on any atom is 0.336 e. The van der Waals surface area contributed by atoms with Crippen molar-refractivity contribution in [3.05, 3.63) is 30.1 Å². The van der Waals surface area contributed by atoms with Crippen LogP contribution in [0.15, 0.2) is 24.3 Å². The molecule has 0 spiro atoms. The van der Waals surface area contributed by atoms with E-state index in [0.29, 0.717) is 39.0 Å². The molecule has 0 unspecified atom stereocenters. The summed E-state index contributed by atoms with van der Waals surface area (Å²) in [7, 11) is -3.86. The number of carbonyl (C=O) groups is 2. The first-order chi connectivity index (χ1) is 12.3. The highest BCUT2D eigenvalue weighted by Gasteiger charge is 2.25. The van der Waals surface area contributed by atoms with E-state index < -0.39 is 15.1 Å². The van der Waals surface area contributed by atoms with Crippen LogP contribution in [0.25, 0.3) is 0 Å². The molecule has 1 fully saturated rings. The normalized spacial score (nSPS) is 15.0. The van der Waals surface area contributed by atoms with Crippen molar-refractivity contribution in [3.63, 3.8) is 0 Å². The van der Waals surface area contributed by atoms with E-state index in [1.54, 1.807) is 17.0 Å². The highest BCUT2D eigenvalue weighted by atomic mass is 32.2. The Bertz CT molecular complexity index is 729. The molecule has 0 atom stereocenters. The van der Waals surface area contributed by atoms with Crippen LogP contribution in [0.2, 0.25) is 0 Å². The van der Waals surface area contributed by atoms with Gasteiger partial charge in [-0.1, -0.05) is 13.3 Å². The van der Waals surface area contributed by atoms with Gasteiger partial charge < -0.3 is 15.1 Å². The third-order valence-electron chi connectivity index (χ3n) is 4.26. The van der Waals surface area contributed by atoms with E-state index >= 15 is 0 Å². The molecule has 0 saturated carbocycles. The van der Waals surface area contributed by atoms with Crippen LogP contribution in [0.5, 0.6) is 0 Å². The second-order valence-electron chi connectivity index (χ2n) is 6.16. The van der Waals surface area contributed by atoms with Crippen LogP contribution >= 0.6 is 0 Å². The van der Waals surface area contributed by atoms with Crippen molar-refractivity contribution in [1.29, 1.82) is 0 Å². The van der Waals surface area contributed by atoms with Crippen LogP contribution < -0.4 is 10.2 Å². The van der Waals surface area contributed by atoms with Gasteiger partial charge in [0.05, 0.1) is 12.3 Å². The fraction of sp³-hybridized carbons (Fsp3) is 0.529. The Morgan fingerprint density at radius 2 is 1.73 bits per heavy atom. The SMILES string of the molecule is CCCCS(=O)(=O)C(=O)NCC(=O)N1CCN(c2ccc(F)cc2)CC1. The minimum Gasteiger partial charge on any atom is -0.368 e. The molecule has 9 heteroatoms. The van der Waals surface area contributed by atoms with Crippen LogP contribution in [0, 0.1) is 5.82 Å². The molecule has 1 aliphatic rings. The summed E-state index contributed by atoms with van der Waals surface area (Å²) in [5, 5.41) is 1.11. The summed E-state index contributed by atoms with van der Waals surface area (Å²) in [6, 6.07) is 6.16. The summed E-state index contributed by atoms with van der Waals surface area (Å²) in [5.41, 5.74) is 0.883. The summed E-state index contributed by atoms with van der Waals surface area (Å²) < 4.78 is 36.4. The monoisotopic (exact) mass is 385 g/mol. The van der Waals surface area contributed by atoms with E-state index in [9.17, 15) is 22.4 Å². The number of sulfone groups is 1. The first-order valence-electron chi connectivity index (χ1n) is 8.62. The van der Waals surface area contributed by atoms with E-state index in [-0.39, 0.29) is 24.0 Å². The molecule has 144 valence electrons. The molecule has 1 N–H and O–H groups in total. The number of nitrogens with zero attached hydrogens (tertiary/aromatic N) is 2. The Morgan fingerprint density at radius 3 is 2.31 bits per heavy atom. The average Bonchev–Trinajstić information content (AvgIpc) is 2.65. The maximum atomic E-state index is 13.0. The zero-order chi connectivity index (χ0) is 19.2. The van der Waals surface area contributed by atoms with Crippen molar-refractivity contribution in [2.45, 2.75) is 19.8 Å². The fourth-order valence-electron chi connectivity index (χ4n) is 2.66. The van der Waals surface area contributed by atoms with Crippen molar-refractivity contribution >= 4 is 26.7 Å². The fourth-order valence-corrected chi connectivity index (χ4v) is 3.81. The summed E-state index contributed by atoms with van der Waals surface area (Å²) in [6.45, 7) is 3.58. The van der Waals surface area contributed by atoms with E-state index in [4.69, 9.17) is 0 Å². The molecule has 0 aliphatic carbocycles. The zero-order valence-electron chi connectivity index (χ0n) is 14.8. The standard InChI is InChI=1S/C17H24FN3O4S/c1-2-3-12-26(24,25)17(23)19-13-16(22)21-10-8-20(9-11-21)15-6-4-14(18)5-7-15/h4-7H,2-3,8-13H2,1H3,(H,19,23). The lowest BCUT2D eigenvalue weighted by Gasteiger charge is -2.36. The Balaban J connectivity index is 1.79. The number of halogens is 1. The predicted octanol–water partition coefficient (Wildman–Crippen LogP) is 1.40. The zero-order valence-corrected chi connectivity index (χ0v) is 15.6. The quantitative estimate of drug-likeness (QED) is 0.800. The van der Waals surface area contributed by atoms with E-state index in [0.717, 1.165) is 5.69 Å².